The van der Waals surface area contributed by atoms with Crippen LogP contribution < -0.4 is 0 Å². The molecule has 0 spiro atoms. The van der Waals surface area contributed by atoms with Gasteiger partial charge in [-0.3, -0.25) is 0 Å². The van der Waals surface area contributed by atoms with Crippen LogP contribution in [0.2, 0.25) is 0 Å². The fraction of sp³-hybridized carbons (Fsp3) is 0.778. The summed E-state index contributed by atoms with van der Waals surface area (Å²) >= 11 is 12.2. The summed E-state index contributed by atoms with van der Waals surface area (Å²) in [5, 5.41) is 0. The van der Waals surface area contributed by atoms with Gasteiger partial charge in [0.15, 0.2) is 0 Å². The Kier molecular flexibility index (Phi) is 1.93. The van der Waals surface area contributed by atoms with Crippen LogP contribution in [0.1, 0.15) is 25.7 Å². The van der Waals surface area contributed by atoms with E-state index in [0.29, 0.717) is 11.8 Å². The second-order valence-corrected chi connectivity index (χ2v) is 4.96. The van der Waals surface area contributed by atoms with Crippen LogP contribution in [0.15, 0.2) is 12.2 Å². The molecule has 1 fully saturated rings. The molecular weight excluding hydrogens is 179 g/mol. The highest BCUT2D eigenvalue weighted by Gasteiger charge is 2.61. The van der Waals surface area contributed by atoms with E-state index in [1.165, 1.54) is 12.8 Å². The lowest BCUT2D eigenvalue weighted by Gasteiger charge is -1.98. The molecule has 62 valence electrons. The summed E-state index contributed by atoms with van der Waals surface area (Å²) in [5.74, 6) is 1.16. The summed E-state index contributed by atoms with van der Waals surface area (Å²) in [7, 11) is 0. The number of hydrogen-bond donors (Lipinski definition) is 0. The van der Waals surface area contributed by atoms with E-state index in [-0.39, 0.29) is 4.33 Å². The average molecular weight is 191 g/mol. The molecule has 0 heterocycles. The number of hydrogen-bond acceptors (Lipinski definition) is 0. The average Bonchev–Trinajstić information content (AvgIpc) is 2.29. The van der Waals surface area contributed by atoms with Crippen LogP contribution >= 0.6 is 23.2 Å². The molecule has 0 aromatic carbocycles. The van der Waals surface area contributed by atoms with E-state index in [1.54, 1.807) is 0 Å². The van der Waals surface area contributed by atoms with Gasteiger partial charge in [-0.05, 0) is 37.5 Å². The van der Waals surface area contributed by atoms with Gasteiger partial charge in [-0.1, -0.05) is 12.2 Å². The fourth-order valence-electron chi connectivity index (χ4n) is 2.04. The summed E-state index contributed by atoms with van der Waals surface area (Å²) < 4.78 is -0.369. The molecule has 2 atom stereocenters. The van der Waals surface area contributed by atoms with Gasteiger partial charge in [0.1, 0.15) is 4.33 Å². The van der Waals surface area contributed by atoms with Gasteiger partial charge in [0.25, 0.3) is 0 Å². The molecule has 2 heteroatoms. The molecule has 0 amide bonds. The van der Waals surface area contributed by atoms with E-state index in [0.717, 1.165) is 12.8 Å². The van der Waals surface area contributed by atoms with Gasteiger partial charge in [-0.15, -0.1) is 23.2 Å². The molecule has 0 saturated heterocycles. The predicted octanol–water partition coefficient (Wildman–Crippen LogP) is 3.54. The Morgan fingerprint density at radius 2 is 1.45 bits per heavy atom. The molecule has 0 radical (unpaired) electrons. The van der Waals surface area contributed by atoms with Crippen molar-refractivity contribution in [2.45, 2.75) is 30.0 Å². The van der Waals surface area contributed by atoms with Gasteiger partial charge in [0.05, 0.1) is 0 Å². The van der Waals surface area contributed by atoms with E-state index >= 15 is 0 Å². The van der Waals surface area contributed by atoms with Gasteiger partial charge in [0, 0.05) is 0 Å². The topological polar surface area (TPSA) is 0 Å². The standard InChI is InChI=1S/C9H12Cl2/c10-9(11)7-5-3-1-2-4-6-8(7)9/h1-2,7-8H,3-6H2. The Hall–Kier alpha value is 0.320. The zero-order chi connectivity index (χ0) is 7.90. The Morgan fingerprint density at radius 1 is 1.00 bits per heavy atom. The third-order valence-electron chi connectivity index (χ3n) is 2.82. The minimum absolute atomic E-state index is 0.369. The van der Waals surface area contributed by atoms with Crippen LogP contribution in [-0.4, -0.2) is 4.33 Å². The minimum atomic E-state index is -0.369. The van der Waals surface area contributed by atoms with Crippen molar-refractivity contribution in [1.82, 2.24) is 0 Å². The molecule has 0 aliphatic heterocycles. The first-order valence-corrected chi connectivity index (χ1v) is 5.01. The number of halogens is 2. The van der Waals surface area contributed by atoms with Crippen molar-refractivity contribution in [2.75, 3.05) is 0 Å². The summed E-state index contributed by atoms with van der Waals surface area (Å²) in [6, 6.07) is 0. The highest BCUT2D eigenvalue weighted by molar-refractivity contribution is 6.51. The van der Waals surface area contributed by atoms with Gasteiger partial charge >= 0.3 is 0 Å². The first kappa shape index (κ1) is 7.94. The van der Waals surface area contributed by atoms with Gasteiger partial charge in [-0.2, -0.15) is 0 Å². The normalized spacial score (nSPS) is 40.5. The predicted molar refractivity (Wildman–Crippen MR) is 49.0 cm³/mol. The van der Waals surface area contributed by atoms with Crippen LogP contribution in [0.3, 0.4) is 0 Å². The van der Waals surface area contributed by atoms with E-state index in [2.05, 4.69) is 12.2 Å². The molecule has 0 aromatic heterocycles. The highest BCUT2D eigenvalue weighted by Crippen LogP contribution is 2.63. The number of alkyl halides is 2. The lowest BCUT2D eigenvalue weighted by Crippen LogP contribution is -1.89. The van der Waals surface area contributed by atoms with Crippen molar-refractivity contribution in [1.29, 1.82) is 0 Å². The maximum atomic E-state index is 6.10. The van der Waals surface area contributed by atoms with Crippen molar-refractivity contribution in [3.8, 4) is 0 Å². The largest absolute Gasteiger partial charge is 0.124 e. The third-order valence-corrected chi connectivity index (χ3v) is 3.94. The van der Waals surface area contributed by atoms with E-state index in [1.807, 2.05) is 0 Å². The van der Waals surface area contributed by atoms with Crippen molar-refractivity contribution in [2.24, 2.45) is 11.8 Å². The Labute approximate surface area is 77.6 Å². The molecule has 0 N–H and O–H groups in total. The molecule has 2 aliphatic rings. The lowest BCUT2D eigenvalue weighted by atomic mass is 10.1. The quantitative estimate of drug-likeness (QED) is 0.405. The number of rotatable bonds is 0. The SMILES string of the molecule is ClC1(Cl)C2CCC=CCCC21. The molecule has 0 nitrogen and oxygen atoms in total. The molecule has 2 rings (SSSR count). The molecule has 2 aliphatic carbocycles. The van der Waals surface area contributed by atoms with Crippen LogP contribution in [0.25, 0.3) is 0 Å². The molecule has 0 aromatic rings. The summed E-state index contributed by atoms with van der Waals surface area (Å²) in [6.45, 7) is 0. The zero-order valence-electron chi connectivity index (χ0n) is 6.39. The van der Waals surface area contributed by atoms with Gasteiger partial charge < -0.3 is 0 Å². The first-order chi connectivity index (χ1) is 5.23. The Bertz CT molecular complexity index is 166. The minimum Gasteiger partial charge on any atom is -0.101 e. The number of allylic oxidation sites excluding steroid dienone is 2. The maximum Gasteiger partial charge on any atom is 0.124 e. The van der Waals surface area contributed by atoms with E-state index in [4.69, 9.17) is 23.2 Å². The monoisotopic (exact) mass is 190 g/mol. The summed E-state index contributed by atoms with van der Waals surface area (Å²) in [6.07, 6.45) is 9.16. The second kappa shape index (κ2) is 2.67. The van der Waals surface area contributed by atoms with Gasteiger partial charge in [0.2, 0.25) is 0 Å². The lowest BCUT2D eigenvalue weighted by molar-refractivity contribution is 0.605. The van der Waals surface area contributed by atoms with Crippen molar-refractivity contribution >= 4 is 23.2 Å². The molecule has 1 saturated carbocycles. The smallest absolute Gasteiger partial charge is 0.101 e. The van der Waals surface area contributed by atoms with E-state index in [9.17, 15) is 0 Å². The maximum absolute atomic E-state index is 6.10. The number of fused-ring (bicyclic) bond motifs is 1. The second-order valence-electron chi connectivity index (χ2n) is 3.51. The van der Waals surface area contributed by atoms with Crippen molar-refractivity contribution in [3.05, 3.63) is 12.2 Å². The Morgan fingerprint density at radius 3 is 1.91 bits per heavy atom. The van der Waals surface area contributed by atoms with Crippen LogP contribution in [-0.2, 0) is 0 Å². The summed E-state index contributed by atoms with van der Waals surface area (Å²) in [5.41, 5.74) is 0. The molecule has 0 bridgehead atoms. The van der Waals surface area contributed by atoms with E-state index < -0.39 is 0 Å². The molecular formula is C9H12Cl2. The van der Waals surface area contributed by atoms with Crippen LogP contribution in [0.5, 0.6) is 0 Å². The Balaban J connectivity index is 2.02. The molecule has 11 heavy (non-hydrogen) atoms. The van der Waals surface area contributed by atoms with Crippen molar-refractivity contribution < 1.29 is 0 Å². The highest BCUT2D eigenvalue weighted by atomic mass is 35.5. The first-order valence-electron chi connectivity index (χ1n) is 4.25. The fourth-order valence-corrected chi connectivity index (χ4v) is 2.95. The van der Waals surface area contributed by atoms with Crippen LogP contribution in [0, 0.1) is 11.8 Å². The third kappa shape index (κ3) is 1.31. The van der Waals surface area contributed by atoms with Crippen molar-refractivity contribution in [3.63, 3.8) is 0 Å². The van der Waals surface area contributed by atoms with Gasteiger partial charge in [-0.25, -0.2) is 0 Å². The molecule has 2 unspecified atom stereocenters. The zero-order valence-corrected chi connectivity index (χ0v) is 7.91. The summed E-state index contributed by atoms with van der Waals surface area (Å²) in [4.78, 5) is 0. The van der Waals surface area contributed by atoms with Crippen LogP contribution in [0.4, 0.5) is 0 Å².